The molecular weight excluding hydrogens is 214 g/mol. The van der Waals surface area contributed by atoms with E-state index in [-0.39, 0.29) is 0 Å². The van der Waals surface area contributed by atoms with Gasteiger partial charge in [0.1, 0.15) is 0 Å². The second kappa shape index (κ2) is 5.14. The van der Waals surface area contributed by atoms with Crippen LogP contribution in [0.2, 0.25) is 0 Å². The summed E-state index contributed by atoms with van der Waals surface area (Å²) in [5.74, 6) is 0. The molecule has 0 unspecified atom stereocenters. The number of hydrogen-bond acceptors (Lipinski definition) is 3. The second-order valence-corrected chi connectivity index (χ2v) is 4.22. The number of hydrogen-bond donors (Lipinski definition) is 1. The molecule has 92 valence electrons. The highest BCUT2D eigenvalue weighted by Gasteiger charge is 2.03. The molecule has 0 atom stereocenters. The molecule has 0 saturated carbocycles. The molecule has 17 heavy (non-hydrogen) atoms. The lowest BCUT2D eigenvalue weighted by Crippen LogP contribution is -2.15. The maximum Gasteiger partial charge on any atom is 0.0597 e. The minimum atomic E-state index is 0.835. The first kappa shape index (κ1) is 11.9. The molecule has 0 saturated heterocycles. The van der Waals surface area contributed by atoms with E-state index >= 15 is 0 Å². The van der Waals surface area contributed by atoms with Gasteiger partial charge in [0, 0.05) is 38.4 Å². The first-order valence-corrected chi connectivity index (χ1v) is 5.90. The molecule has 1 N–H and O–H groups in total. The summed E-state index contributed by atoms with van der Waals surface area (Å²) < 4.78 is 3.85. The van der Waals surface area contributed by atoms with Crippen molar-refractivity contribution in [3.63, 3.8) is 0 Å². The minimum Gasteiger partial charge on any atom is -0.307 e. The largest absolute Gasteiger partial charge is 0.307 e. The van der Waals surface area contributed by atoms with E-state index in [1.165, 1.54) is 11.3 Å². The summed E-state index contributed by atoms with van der Waals surface area (Å²) in [7, 11) is 1.93. The predicted octanol–water partition coefficient (Wildman–Crippen LogP) is 1.23. The highest BCUT2D eigenvalue weighted by atomic mass is 15.3. The normalized spacial score (nSPS) is 11.0. The summed E-state index contributed by atoms with van der Waals surface area (Å²) in [6.45, 7) is 6.72. The summed E-state index contributed by atoms with van der Waals surface area (Å²) in [5, 5.41) is 12.0. The van der Waals surface area contributed by atoms with Gasteiger partial charge in [0.15, 0.2) is 0 Å². The smallest absolute Gasteiger partial charge is 0.0597 e. The molecule has 2 heterocycles. The SMILES string of the molecule is CCn1nc(C)cc1CNCc1cnn(C)c1. The van der Waals surface area contributed by atoms with E-state index in [9.17, 15) is 0 Å². The summed E-state index contributed by atoms with van der Waals surface area (Å²) in [6.07, 6.45) is 3.91. The maximum atomic E-state index is 4.42. The van der Waals surface area contributed by atoms with Gasteiger partial charge in [0.2, 0.25) is 0 Å². The van der Waals surface area contributed by atoms with Crippen molar-refractivity contribution in [2.75, 3.05) is 0 Å². The van der Waals surface area contributed by atoms with Gasteiger partial charge in [0.05, 0.1) is 17.6 Å². The molecule has 2 aromatic rings. The van der Waals surface area contributed by atoms with Crippen LogP contribution in [0.5, 0.6) is 0 Å². The van der Waals surface area contributed by atoms with Gasteiger partial charge in [-0.15, -0.1) is 0 Å². The highest BCUT2D eigenvalue weighted by molar-refractivity contribution is 5.09. The lowest BCUT2D eigenvalue weighted by Gasteiger charge is -2.05. The monoisotopic (exact) mass is 233 g/mol. The van der Waals surface area contributed by atoms with Crippen molar-refractivity contribution in [1.29, 1.82) is 0 Å². The maximum absolute atomic E-state index is 4.42. The number of aryl methyl sites for hydroxylation is 3. The minimum absolute atomic E-state index is 0.835. The Hall–Kier alpha value is -1.62. The van der Waals surface area contributed by atoms with Gasteiger partial charge in [-0.3, -0.25) is 9.36 Å². The van der Waals surface area contributed by atoms with Crippen molar-refractivity contribution in [3.05, 3.63) is 35.4 Å². The Kier molecular flexibility index (Phi) is 3.58. The molecule has 0 aliphatic carbocycles. The molecule has 0 bridgehead atoms. The van der Waals surface area contributed by atoms with Crippen LogP contribution in [-0.2, 0) is 26.7 Å². The summed E-state index contributed by atoms with van der Waals surface area (Å²) >= 11 is 0. The van der Waals surface area contributed by atoms with E-state index < -0.39 is 0 Å². The van der Waals surface area contributed by atoms with Gasteiger partial charge < -0.3 is 5.32 Å². The van der Waals surface area contributed by atoms with Crippen LogP contribution < -0.4 is 5.32 Å². The van der Waals surface area contributed by atoms with Crippen LogP contribution in [0.1, 0.15) is 23.9 Å². The zero-order valence-corrected chi connectivity index (χ0v) is 10.6. The fourth-order valence-corrected chi connectivity index (χ4v) is 1.91. The van der Waals surface area contributed by atoms with Gasteiger partial charge in [-0.2, -0.15) is 10.2 Å². The molecule has 0 radical (unpaired) electrons. The lowest BCUT2D eigenvalue weighted by molar-refractivity contribution is 0.579. The van der Waals surface area contributed by atoms with Crippen LogP contribution in [0.3, 0.4) is 0 Å². The van der Waals surface area contributed by atoms with Crippen LogP contribution in [0.15, 0.2) is 18.5 Å². The third-order valence-corrected chi connectivity index (χ3v) is 2.68. The van der Waals surface area contributed by atoms with Crippen molar-refractivity contribution in [2.45, 2.75) is 33.5 Å². The quantitative estimate of drug-likeness (QED) is 0.845. The summed E-state index contributed by atoms with van der Waals surface area (Å²) in [4.78, 5) is 0. The fourth-order valence-electron chi connectivity index (χ4n) is 1.91. The van der Waals surface area contributed by atoms with Crippen LogP contribution >= 0.6 is 0 Å². The lowest BCUT2D eigenvalue weighted by atomic mass is 10.3. The number of nitrogens with one attached hydrogen (secondary N) is 1. The standard InChI is InChI=1S/C12H19N5/c1-4-17-12(5-10(2)15-17)8-13-6-11-7-14-16(3)9-11/h5,7,9,13H,4,6,8H2,1-3H3. The Morgan fingerprint density at radius 2 is 2.18 bits per heavy atom. The topological polar surface area (TPSA) is 47.7 Å². The molecule has 2 rings (SSSR count). The zero-order chi connectivity index (χ0) is 12.3. The molecular formula is C12H19N5. The Bertz CT molecular complexity index is 483. The summed E-state index contributed by atoms with van der Waals surface area (Å²) in [5.41, 5.74) is 3.51. The number of aromatic nitrogens is 4. The van der Waals surface area contributed by atoms with E-state index in [4.69, 9.17) is 0 Å². The van der Waals surface area contributed by atoms with Crippen molar-refractivity contribution < 1.29 is 0 Å². The van der Waals surface area contributed by atoms with Crippen LogP contribution in [0.25, 0.3) is 0 Å². The molecule has 0 fully saturated rings. The molecule has 0 aromatic carbocycles. The van der Waals surface area contributed by atoms with E-state index in [0.717, 1.165) is 25.3 Å². The van der Waals surface area contributed by atoms with E-state index in [2.05, 4.69) is 28.5 Å². The average Bonchev–Trinajstić information content (AvgIpc) is 2.85. The average molecular weight is 233 g/mol. The van der Waals surface area contributed by atoms with E-state index in [0.29, 0.717) is 0 Å². The molecule has 0 aliphatic rings. The molecule has 0 spiro atoms. The van der Waals surface area contributed by atoms with Gasteiger partial charge in [0.25, 0.3) is 0 Å². The van der Waals surface area contributed by atoms with E-state index in [1.807, 2.05) is 35.7 Å². The third-order valence-electron chi connectivity index (χ3n) is 2.68. The van der Waals surface area contributed by atoms with Gasteiger partial charge in [-0.1, -0.05) is 0 Å². The van der Waals surface area contributed by atoms with Gasteiger partial charge in [-0.05, 0) is 19.9 Å². The highest BCUT2D eigenvalue weighted by Crippen LogP contribution is 2.04. The van der Waals surface area contributed by atoms with Gasteiger partial charge >= 0.3 is 0 Å². The number of rotatable bonds is 5. The zero-order valence-electron chi connectivity index (χ0n) is 10.6. The predicted molar refractivity (Wildman–Crippen MR) is 66.4 cm³/mol. The van der Waals surface area contributed by atoms with Crippen LogP contribution in [-0.4, -0.2) is 19.6 Å². The molecule has 2 aromatic heterocycles. The van der Waals surface area contributed by atoms with Crippen molar-refractivity contribution >= 4 is 0 Å². The second-order valence-electron chi connectivity index (χ2n) is 4.22. The van der Waals surface area contributed by atoms with Crippen molar-refractivity contribution in [1.82, 2.24) is 24.9 Å². The Balaban J connectivity index is 1.89. The Morgan fingerprint density at radius 1 is 1.35 bits per heavy atom. The fraction of sp³-hybridized carbons (Fsp3) is 0.500. The van der Waals surface area contributed by atoms with E-state index in [1.54, 1.807) is 0 Å². The Labute approximate surface area is 101 Å². The number of nitrogens with zero attached hydrogens (tertiary/aromatic N) is 4. The molecule has 0 amide bonds. The van der Waals surface area contributed by atoms with Crippen LogP contribution in [0, 0.1) is 6.92 Å². The third kappa shape index (κ3) is 2.94. The summed E-state index contributed by atoms with van der Waals surface area (Å²) in [6, 6.07) is 2.12. The first-order chi connectivity index (χ1) is 8.19. The van der Waals surface area contributed by atoms with Crippen molar-refractivity contribution in [3.8, 4) is 0 Å². The molecule has 5 nitrogen and oxygen atoms in total. The van der Waals surface area contributed by atoms with Crippen molar-refractivity contribution in [2.24, 2.45) is 7.05 Å². The van der Waals surface area contributed by atoms with Gasteiger partial charge in [-0.25, -0.2) is 0 Å². The first-order valence-electron chi connectivity index (χ1n) is 5.90. The molecule has 0 aliphatic heterocycles. The van der Waals surface area contributed by atoms with Crippen LogP contribution in [0.4, 0.5) is 0 Å². The Morgan fingerprint density at radius 3 is 2.82 bits per heavy atom. The molecule has 5 heteroatoms.